The highest BCUT2D eigenvalue weighted by Crippen LogP contribution is 2.34. The zero-order valence-electron chi connectivity index (χ0n) is 12.8. The second kappa shape index (κ2) is 6.32. The number of nitrogens with two attached hydrogens (primary N) is 1. The van der Waals surface area contributed by atoms with Crippen molar-refractivity contribution < 1.29 is 4.79 Å². The third kappa shape index (κ3) is 2.76. The summed E-state index contributed by atoms with van der Waals surface area (Å²) in [7, 11) is 0. The molecule has 1 aromatic heterocycles. The Morgan fingerprint density at radius 2 is 2.27 bits per heavy atom. The largest absolute Gasteiger partial charge is 0.330 e. The van der Waals surface area contributed by atoms with Gasteiger partial charge in [0.1, 0.15) is 5.82 Å². The van der Waals surface area contributed by atoms with Gasteiger partial charge < -0.3 is 11.1 Å². The van der Waals surface area contributed by atoms with Gasteiger partial charge in [0, 0.05) is 18.5 Å². The van der Waals surface area contributed by atoms with Crippen molar-refractivity contribution in [2.75, 3.05) is 11.9 Å². The molecule has 1 amide bonds. The number of fused-ring (bicyclic) bond motifs is 1. The summed E-state index contributed by atoms with van der Waals surface area (Å²) < 4.78 is 1.93. The molecule has 0 saturated heterocycles. The van der Waals surface area contributed by atoms with Crippen molar-refractivity contribution in [2.24, 2.45) is 11.7 Å². The Morgan fingerprint density at radius 3 is 3.09 bits per heavy atom. The number of rotatable bonds is 4. The molecule has 1 aliphatic carbocycles. The first-order valence-corrected chi connectivity index (χ1v) is 7.83. The fourth-order valence-electron chi connectivity index (χ4n) is 3.00. The Kier molecular flexibility index (Phi) is 4.24. The van der Waals surface area contributed by atoms with Gasteiger partial charge >= 0.3 is 0 Å². The number of hydrogen-bond acceptors (Lipinski definition) is 3. The van der Waals surface area contributed by atoms with Crippen LogP contribution in [0.5, 0.6) is 0 Å². The van der Waals surface area contributed by atoms with E-state index in [1.807, 2.05) is 17.7 Å². The molecule has 2 atom stereocenters. The SMILES string of the molecule is CC(CN)C(=O)Nc1ccnn1C1CCCc2ccccc21. The Hall–Kier alpha value is -2.14. The van der Waals surface area contributed by atoms with E-state index in [1.165, 1.54) is 11.1 Å². The average Bonchev–Trinajstić information content (AvgIpc) is 3.01. The topological polar surface area (TPSA) is 72.9 Å². The summed E-state index contributed by atoms with van der Waals surface area (Å²) in [6, 6.07) is 10.5. The van der Waals surface area contributed by atoms with Gasteiger partial charge in [-0.15, -0.1) is 0 Å². The van der Waals surface area contributed by atoms with Crippen molar-refractivity contribution in [3.63, 3.8) is 0 Å². The van der Waals surface area contributed by atoms with Crippen LogP contribution in [0.25, 0.3) is 0 Å². The van der Waals surface area contributed by atoms with Crippen molar-refractivity contribution >= 4 is 11.7 Å². The number of anilines is 1. The van der Waals surface area contributed by atoms with Crippen LogP contribution >= 0.6 is 0 Å². The third-order valence-corrected chi connectivity index (χ3v) is 4.36. The molecule has 116 valence electrons. The number of nitrogens with zero attached hydrogens (tertiary/aromatic N) is 2. The maximum atomic E-state index is 12.1. The Balaban J connectivity index is 1.88. The van der Waals surface area contributed by atoms with Gasteiger partial charge in [0.25, 0.3) is 0 Å². The van der Waals surface area contributed by atoms with Gasteiger partial charge in [-0.25, -0.2) is 4.68 Å². The summed E-state index contributed by atoms with van der Waals surface area (Å²) in [5.41, 5.74) is 8.24. The number of carbonyl (C=O) groups is 1. The Morgan fingerprint density at radius 1 is 1.45 bits per heavy atom. The normalized spacial score (nSPS) is 18.5. The van der Waals surface area contributed by atoms with E-state index in [-0.39, 0.29) is 17.9 Å². The molecule has 0 radical (unpaired) electrons. The Bertz CT molecular complexity index is 664. The number of benzene rings is 1. The van der Waals surface area contributed by atoms with Gasteiger partial charge in [-0.1, -0.05) is 31.2 Å². The van der Waals surface area contributed by atoms with Crippen molar-refractivity contribution in [3.8, 4) is 0 Å². The van der Waals surface area contributed by atoms with Crippen LogP contribution in [0.3, 0.4) is 0 Å². The lowest BCUT2D eigenvalue weighted by Crippen LogP contribution is -2.29. The smallest absolute Gasteiger partial charge is 0.229 e. The molecular formula is C17H22N4O. The molecule has 5 heteroatoms. The van der Waals surface area contributed by atoms with E-state index in [9.17, 15) is 4.79 Å². The maximum absolute atomic E-state index is 12.1. The molecule has 0 bridgehead atoms. The minimum atomic E-state index is -0.206. The minimum Gasteiger partial charge on any atom is -0.330 e. The number of aryl methyl sites for hydroxylation is 1. The van der Waals surface area contributed by atoms with Crippen molar-refractivity contribution in [1.82, 2.24) is 9.78 Å². The summed E-state index contributed by atoms with van der Waals surface area (Å²) >= 11 is 0. The highest BCUT2D eigenvalue weighted by atomic mass is 16.2. The summed E-state index contributed by atoms with van der Waals surface area (Å²) in [6.45, 7) is 2.16. The van der Waals surface area contributed by atoms with E-state index in [4.69, 9.17) is 5.73 Å². The second-order valence-electron chi connectivity index (χ2n) is 5.89. The van der Waals surface area contributed by atoms with Crippen LogP contribution in [0.1, 0.15) is 36.9 Å². The van der Waals surface area contributed by atoms with Gasteiger partial charge in [-0.2, -0.15) is 5.10 Å². The number of nitrogens with one attached hydrogen (secondary N) is 1. The molecule has 1 aromatic carbocycles. The van der Waals surface area contributed by atoms with E-state index in [0.29, 0.717) is 6.54 Å². The molecule has 0 spiro atoms. The third-order valence-electron chi connectivity index (χ3n) is 4.36. The van der Waals surface area contributed by atoms with Crippen molar-refractivity contribution in [1.29, 1.82) is 0 Å². The first-order chi connectivity index (χ1) is 10.7. The standard InChI is InChI=1S/C17H22N4O/c1-12(11-18)17(22)20-16-9-10-19-21(16)15-8-4-6-13-5-2-3-7-14(13)15/h2-3,5,7,9-10,12,15H,4,6,8,11,18H2,1H3,(H,20,22). The van der Waals surface area contributed by atoms with E-state index in [2.05, 4.69) is 34.7 Å². The van der Waals surface area contributed by atoms with Gasteiger partial charge in [0.15, 0.2) is 0 Å². The van der Waals surface area contributed by atoms with E-state index in [0.717, 1.165) is 25.1 Å². The van der Waals surface area contributed by atoms with Crippen LogP contribution in [0, 0.1) is 5.92 Å². The van der Waals surface area contributed by atoms with Crippen LogP contribution in [0.15, 0.2) is 36.5 Å². The lowest BCUT2D eigenvalue weighted by atomic mass is 9.88. The molecule has 2 aromatic rings. The van der Waals surface area contributed by atoms with Gasteiger partial charge in [-0.05, 0) is 30.4 Å². The fraction of sp³-hybridized carbons (Fsp3) is 0.412. The quantitative estimate of drug-likeness (QED) is 0.910. The molecule has 2 unspecified atom stereocenters. The number of hydrogen-bond donors (Lipinski definition) is 2. The summed E-state index contributed by atoms with van der Waals surface area (Å²) in [5.74, 6) is 0.474. The molecule has 0 saturated carbocycles. The van der Waals surface area contributed by atoms with Crippen LogP contribution in [-0.2, 0) is 11.2 Å². The maximum Gasteiger partial charge on any atom is 0.229 e. The zero-order valence-corrected chi connectivity index (χ0v) is 12.8. The molecule has 3 N–H and O–H groups in total. The van der Waals surface area contributed by atoms with Gasteiger partial charge in [0.2, 0.25) is 5.91 Å². The minimum absolute atomic E-state index is 0.0617. The van der Waals surface area contributed by atoms with E-state index in [1.54, 1.807) is 6.20 Å². The van der Waals surface area contributed by atoms with Gasteiger partial charge in [-0.3, -0.25) is 4.79 Å². The molecule has 0 fully saturated rings. The second-order valence-corrected chi connectivity index (χ2v) is 5.89. The van der Waals surface area contributed by atoms with Crippen molar-refractivity contribution in [2.45, 2.75) is 32.2 Å². The number of aromatic nitrogens is 2. The lowest BCUT2D eigenvalue weighted by Gasteiger charge is -2.27. The molecule has 22 heavy (non-hydrogen) atoms. The number of amides is 1. The molecule has 5 nitrogen and oxygen atoms in total. The first kappa shape index (κ1) is 14.8. The molecule has 0 aliphatic heterocycles. The summed E-state index contributed by atoms with van der Waals surface area (Å²) in [6.07, 6.45) is 5.02. The highest BCUT2D eigenvalue weighted by molar-refractivity contribution is 5.91. The van der Waals surface area contributed by atoms with Crippen molar-refractivity contribution in [3.05, 3.63) is 47.7 Å². The highest BCUT2D eigenvalue weighted by Gasteiger charge is 2.24. The van der Waals surface area contributed by atoms with E-state index < -0.39 is 0 Å². The molecule has 1 aliphatic rings. The molecule has 3 rings (SSSR count). The van der Waals surface area contributed by atoms with Crippen LogP contribution in [-0.4, -0.2) is 22.2 Å². The summed E-state index contributed by atoms with van der Waals surface area (Å²) in [5, 5.41) is 7.40. The van der Waals surface area contributed by atoms with Crippen LogP contribution < -0.4 is 11.1 Å². The molecule has 1 heterocycles. The zero-order chi connectivity index (χ0) is 15.5. The predicted molar refractivity (Wildman–Crippen MR) is 86.6 cm³/mol. The monoisotopic (exact) mass is 298 g/mol. The van der Waals surface area contributed by atoms with E-state index >= 15 is 0 Å². The Labute approximate surface area is 130 Å². The van der Waals surface area contributed by atoms with Gasteiger partial charge in [0.05, 0.1) is 12.2 Å². The lowest BCUT2D eigenvalue weighted by molar-refractivity contribution is -0.119. The summed E-state index contributed by atoms with van der Waals surface area (Å²) in [4.78, 5) is 12.1. The van der Waals surface area contributed by atoms with Crippen LogP contribution in [0.2, 0.25) is 0 Å². The number of carbonyl (C=O) groups excluding carboxylic acids is 1. The molecular weight excluding hydrogens is 276 g/mol. The first-order valence-electron chi connectivity index (χ1n) is 7.83. The van der Waals surface area contributed by atoms with Crippen LogP contribution in [0.4, 0.5) is 5.82 Å². The predicted octanol–water partition coefficient (Wildman–Crippen LogP) is 2.34. The average molecular weight is 298 g/mol. The fourth-order valence-corrected chi connectivity index (χ4v) is 3.00.